The van der Waals surface area contributed by atoms with Gasteiger partial charge in [-0.3, -0.25) is 4.79 Å². The monoisotopic (exact) mass is 1390 g/mol. The van der Waals surface area contributed by atoms with E-state index in [1.807, 2.05) is 13.0 Å². The third kappa shape index (κ3) is 10.2. The van der Waals surface area contributed by atoms with Crippen molar-refractivity contribution in [1.82, 2.24) is 0 Å². The lowest BCUT2D eigenvalue weighted by molar-refractivity contribution is -0.202. The molecule has 4 heterocycles. The van der Waals surface area contributed by atoms with Crippen LogP contribution < -0.4 is 10.4 Å². The normalized spacial score (nSPS) is 32.8. The number of hydrogen-bond donors (Lipinski definition) is 4. The highest BCUT2D eigenvalue weighted by atomic mass is 16.6. The topological polar surface area (TPSA) is 182 Å². The molecule has 17 unspecified atom stereocenters. The molecule has 12 heteroatoms. The number of benzene rings is 6. The van der Waals surface area contributed by atoms with Crippen LogP contribution in [0, 0.1) is 41.4 Å². The summed E-state index contributed by atoms with van der Waals surface area (Å²) in [6.07, 6.45) is 27.1. The Kier molecular flexibility index (Phi) is 16.6. The summed E-state index contributed by atoms with van der Waals surface area (Å²) in [5.41, 5.74) is 16.0. The van der Waals surface area contributed by atoms with Gasteiger partial charge in [0.2, 0.25) is 0 Å². The molecule has 20 bridgehead atoms. The van der Waals surface area contributed by atoms with Crippen molar-refractivity contribution in [3.05, 3.63) is 250 Å². The van der Waals surface area contributed by atoms with Crippen LogP contribution in [-0.2, 0) is 54.1 Å². The number of hydrogen-bond acceptors (Lipinski definition) is 12. The Balaban J connectivity index is 0.882. The van der Waals surface area contributed by atoms with E-state index in [0.717, 1.165) is 70.6 Å². The van der Waals surface area contributed by atoms with Crippen molar-refractivity contribution in [3.63, 3.8) is 0 Å². The molecular weight excluding hydrogens is 1300 g/mol. The van der Waals surface area contributed by atoms with Crippen molar-refractivity contribution in [2.45, 2.75) is 200 Å². The second-order valence-electron chi connectivity index (χ2n) is 33.7. The molecule has 17 atom stereocenters. The van der Waals surface area contributed by atoms with Crippen molar-refractivity contribution in [2.75, 3.05) is 26.6 Å². The summed E-state index contributed by atoms with van der Waals surface area (Å²) in [4.78, 5) is 48.5. The first-order valence-electron chi connectivity index (χ1n) is 39.4. The van der Waals surface area contributed by atoms with E-state index in [9.17, 15) is 20.4 Å². The van der Waals surface area contributed by atoms with Crippen LogP contribution >= 0.6 is 0 Å². The van der Waals surface area contributed by atoms with Gasteiger partial charge in [-0.15, -0.1) is 0 Å². The third-order valence-electron chi connectivity index (χ3n) is 29.2. The molecule has 16 aliphatic carbocycles. The maximum Gasteiger partial charge on any atom is 0.340 e. The summed E-state index contributed by atoms with van der Waals surface area (Å²) in [5, 5.41) is 43.9. The molecule has 0 saturated heterocycles. The highest BCUT2D eigenvalue weighted by Gasteiger charge is 2.64. The summed E-state index contributed by atoms with van der Waals surface area (Å²) in [7, 11) is 0. The van der Waals surface area contributed by atoms with E-state index >= 15 is 14.4 Å². The van der Waals surface area contributed by atoms with Crippen LogP contribution in [0.3, 0.4) is 0 Å². The van der Waals surface area contributed by atoms with Crippen LogP contribution in [0.2, 0.25) is 0 Å². The molecule has 2 spiro atoms. The highest BCUT2D eigenvalue weighted by Crippen LogP contribution is 2.67. The number of carbonyl (C=O) groups is 2. The number of aliphatic hydroxyl groups is 4. The molecule has 12 nitrogen and oxygen atoms in total. The van der Waals surface area contributed by atoms with Gasteiger partial charge in [0.15, 0.2) is 17.8 Å². The van der Waals surface area contributed by atoms with Crippen LogP contribution in [-0.4, -0.2) is 70.7 Å². The van der Waals surface area contributed by atoms with Gasteiger partial charge < -0.3 is 43.8 Å². The number of aliphatic hydroxyl groups excluding tert-OH is 4. The molecule has 0 radical (unpaired) electrons. The van der Waals surface area contributed by atoms with Crippen molar-refractivity contribution >= 4 is 35.1 Å². The minimum atomic E-state index is -1.43. The molecule has 536 valence electrons. The average molecular weight is 1390 g/mol. The Morgan fingerprint density at radius 1 is 0.702 bits per heavy atom. The number of fused-ring (bicyclic) bond motifs is 7. The Labute approximate surface area is 609 Å². The summed E-state index contributed by atoms with van der Waals surface area (Å²) in [6.45, 7) is 1.84. The molecule has 26 rings (SSSR count). The van der Waals surface area contributed by atoms with Crippen LogP contribution in [0.25, 0.3) is 23.1 Å². The molecule has 4 N–H and O–H groups in total. The van der Waals surface area contributed by atoms with Gasteiger partial charge in [0.25, 0.3) is 0 Å². The number of allylic oxidation sites excluding steroid dienone is 4. The predicted molar refractivity (Wildman–Crippen MR) is 399 cm³/mol. The molecule has 1 aromatic heterocycles. The lowest BCUT2D eigenvalue weighted by atomic mass is 9.48. The first-order valence-corrected chi connectivity index (χ1v) is 39.4. The number of ether oxygens (including phenoxy) is 4. The smallest absolute Gasteiger partial charge is 0.340 e. The molecule has 3 saturated carbocycles. The molecule has 6 aromatic carbocycles. The first kappa shape index (κ1) is 66.7. The van der Waals surface area contributed by atoms with Gasteiger partial charge >= 0.3 is 17.6 Å². The third-order valence-corrected chi connectivity index (χ3v) is 29.2. The number of rotatable bonds is 8. The highest BCUT2D eigenvalue weighted by molar-refractivity contribution is 5.91. The molecule has 104 heavy (non-hydrogen) atoms. The van der Waals surface area contributed by atoms with Crippen molar-refractivity contribution in [2.24, 2.45) is 41.4 Å². The van der Waals surface area contributed by atoms with E-state index in [2.05, 4.69) is 147 Å². The van der Waals surface area contributed by atoms with Gasteiger partial charge in [-0.1, -0.05) is 165 Å². The minimum Gasteiger partial charge on any atom is -0.483 e. The fourth-order valence-electron chi connectivity index (χ4n) is 24.7. The molecule has 3 aliphatic heterocycles. The van der Waals surface area contributed by atoms with Crippen LogP contribution in [0.5, 0.6) is 5.75 Å². The zero-order chi connectivity index (χ0) is 70.5. The molecule has 3 fully saturated rings. The van der Waals surface area contributed by atoms with Crippen molar-refractivity contribution in [1.29, 1.82) is 0 Å². The summed E-state index contributed by atoms with van der Waals surface area (Å²) < 4.78 is 35.0. The van der Waals surface area contributed by atoms with Gasteiger partial charge in [0, 0.05) is 58.6 Å². The van der Waals surface area contributed by atoms with Crippen molar-refractivity contribution < 1.29 is 53.4 Å². The first-order chi connectivity index (χ1) is 50.8. The number of carbonyl (C=O) groups excluding carboxylic acids is 2. The molecular formula is C92H96O12. The summed E-state index contributed by atoms with van der Waals surface area (Å²) in [5.74, 6) is -1.61. The zero-order valence-corrected chi connectivity index (χ0v) is 59.9. The lowest BCUT2D eigenvalue weighted by Gasteiger charge is -2.55. The van der Waals surface area contributed by atoms with Gasteiger partial charge in [0.1, 0.15) is 18.1 Å². The Hall–Kier alpha value is -7.97. The summed E-state index contributed by atoms with van der Waals surface area (Å²) >= 11 is 0. The second-order valence-corrected chi connectivity index (χ2v) is 33.7. The maximum atomic E-state index is 16.8. The quantitative estimate of drug-likeness (QED) is 0.0372. The fraction of sp³-hybridized carbons (Fsp3) is 0.467. The molecule has 0 amide bonds. The predicted octanol–water partition coefficient (Wildman–Crippen LogP) is 16.7. The van der Waals surface area contributed by atoms with E-state index in [1.54, 1.807) is 6.07 Å². The Morgan fingerprint density at radius 2 is 1.54 bits per heavy atom. The van der Waals surface area contributed by atoms with Crippen LogP contribution in [0.1, 0.15) is 247 Å². The van der Waals surface area contributed by atoms with Gasteiger partial charge in [0.05, 0.1) is 25.4 Å². The molecule has 19 aliphatic rings. The van der Waals surface area contributed by atoms with Gasteiger partial charge in [-0.05, 0) is 252 Å². The Morgan fingerprint density at radius 3 is 2.38 bits per heavy atom. The molecule has 7 aromatic rings. The fourth-order valence-corrected chi connectivity index (χ4v) is 24.7. The average Bonchev–Trinajstić information content (AvgIpc) is 0.889. The van der Waals surface area contributed by atoms with E-state index in [1.165, 1.54) is 85.2 Å². The summed E-state index contributed by atoms with van der Waals surface area (Å²) in [6, 6.07) is 44.1. The maximum absolute atomic E-state index is 16.8. The number of esters is 2. The standard InChI is InChI=1S/C92H96O12/c1-51(47-94)71-45-75-67-30-23-57-41-72(67)60-42-74-68-29-21-54-10-4-5-13-65(54)73(68)46-79(74)90(2)87(103-88(71)98)86(84-81(104-90)33-32-70-76(48-95)83(89(99)102-85(70)84)58(34-37-93)49-100-50-96)101-82(97)44-59-40-56(22-28-64(57)59)66-14-9-15-77-69(66)31-27-63-12-8-11-62-26-20-55-19-16-53(39-78(55)92(62,63)77)38-52-17-24-61(25-18-52)91(80(75)43-60)35-6-3-7-36-91/h4-5,9-10,13-26,28-30,32-33,39,41,56,58-60,62-64,68,73-75,79-80,86-87,93-96H,3,6-8,11-12,27,31,34-38,40,42-50H2,1-2H3. The van der Waals surface area contributed by atoms with Crippen LogP contribution in [0.15, 0.2) is 160 Å². The van der Waals surface area contributed by atoms with E-state index < -0.39 is 61.3 Å². The van der Waals surface area contributed by atoms with E-state index in [-0.39, 0.29) is 118 Å². The van der Waals surface area contributed by atoms with E-state index in [0.29, 0.717) is 53.4 Å². The minimum absolute atomic E-state index is 0.00697. The van der Waals surface area contributed by atoms with Gasteiger partial charge in [-0.25, -0.2) is 9.59 Å². The SMILES string of the molecule is CC(CO)=C1CC2c3ccc4cc3C3CC5C6C=Cc7ccccc7C6CC5C5(C)Oc6ccc7c(CO)c(C(CCO)COCO)c(=O)oc7c6C(OC(=O)CC6CC(C=CC46)c4cccc6c4CCC4CCCC7C=Cc8ccc(cc8C674)Cc4ccc(cc4)C4(CCCCC4)C2C3)C5OC1=O. The van der Waals surface area contributed by atoms with Crippen LogP contribution in [0.4, 0.5) is 0 Å². The van der Waals surface area contributed by atoms with Crippen molar-refractivity contribution in [3.8, 4) is 5.75 Å². The second kappa shape index (κ2) is 25.9. The Bertz CT molecular complexity index is 4810. The van der Waals surface area contributed by atoms with E-state index in [4.69, 9.17) is 23.4 Å². The lowest BCUT2D eigenvalue weighted by Crippen LogP contribution is -2.59. The van der Waals surface area contributed by atoms with Gasteiger partial charge in [-0.2, -0.15) is 0 Å². The zero-order valence-electron chi connectivity index (χ0n) is 59.9. The largest absolute Gasteiger partial charge is 0.483 e.